The van der Waals surface area contributed by atoms with Gasteiger partial charge in [0.25, 0.3) is 0 Å². The third-order valence-electron chi connectivity index (χ3n) is 5.07. The first-order valence-corrected chi connectivity index (χ1v) is 7.94. The van der Waals surface area contributed by atoms with Crippen molar-refractivity contribution in [2.45, 2.75) is 70.8 Å². The molecule has 106 valence electrons. The van der Waals surface area contributed by atoms with Gasteiger partial charge in [0.05, 0.1) is 0 Å². The molecule has 0 unspecified atom stereocenters. The lowest BCUT2D eigenvalue weighted by atomic mass is 9.71. The average Bonchev–Trinajstić information content (AvgIpc) is 2.68. The second-order valence-electron chi connectivity index (χ2n) is 6.44. The van der Waals surface area contributed by atoms with Crippen LogP contribution in [0.25, 0.3) is 0 Å². The molecule has 1 fully saturated rings. The molecule has 1 aliphatic carbocycles. The third-order valence-corrected chi connectivity index (χ3v) is 5.07. The van der Waals surface area contributed by atoms with Crippen LogP contribution in [-0.2, 0) is 19.4 Å². The van der Waals surface area contributed by atoms with Gasteiger partial charge in [-0.05, 0) is 37.6 Å². The molecule has 2 heterocycles. The van der Waals surface area contributed by atoms with E-state index in [1.165, 1.54) is 63.0 Å². The highest BCUT2D eigenvalue weighted by atomic mass is 15.3. The van der Waals surface area contributed by atoms with E-state index in [4.69, 9.17) is 5.73 Å². The van der Waals surface area contributed by atoms with Crippen molar-refractivity contribution in [3.63, 3.8) is 0 Å². The van der Waals surface area contributed by atoms with Gasteiger partial charge < -0.3 is 10.3 Å². The summed E-state index contributed by atoms with van der Waals surface area (Å²) >= 11 is 0. The third kappa shape index (κ3) is 2.69. The van der Waals surface area contributed by atoms with E-state index in [0.717, 1.165) is 25.9 Å². The van der Waals surface area contributed by atoms with Crippen molar-refractivity contribution in [1.29, 1.82) is 0 Å². The Morgan fingerprint density at radius 1 is 1.00 bits per heavy atom. The summed E-state index contributed by atoms with van der Waals surface area (Å²) in [5.74, 6) is 2.40. The molecular weight excluding hydrogens is 236 g/mol. The second-order valence-corrected chi connectivity index (χ2v) is 6.44. The molecule has 0 spiro atoms. The van der Waals surface area contributed by atoms with Crippen LogP contribution >= 0.6 is 0 Å². The van der Waals surface area contributed by atoms with Crippen LogP contribution in [0.4, 0.5) is 0 Å². The number of nitrogens with two attached hydrogens (primary N) is 1. The number of fused-ring (bicyclic) bond motifs is 1. The van der Waals surface area contributed by atoms with Crippen LogP contribution in [0.1, 0.15) is 63.0 Å². The molecule has 1 saturated carbocycles. The van der Waals surface area contributed by atoms with Gasteiger partial charge in [0.15, 0.2) is 0 Å². The number of aryl methyl sites for hydroxylation is 1. The first-order valence-electron chi connectivity index (χ1n) is 7.94. The van der Waals surface area contributed by atoms with E-state index < -0.39 is 0 Å². The van der Waals surface area contributed by atoms with Crippen LogP contribution in [0.3, 0.4) is 0 Å². The van der Waals surface area contributed by atoms with E-state index >= 15 is 0 Å². The normalized spacial score (nSPS) is 22.8. The Labute approximate surface area is 115 Å². The Bertz CT molecular complexity index is 418. The number of aromatic nitrogens is 3. The van der Waals surface area contributed by atoms with Gasteiger partial charge in [-0.1, -0.05) is 25.7 Å². The monoisotopic (exact) mass is 262 g/mol. The van der Waals surface area contributed by atoms with Crippen molar-refractivity contribution in [2.75, 3.05) is 6.54 Å². The van der Waals surface area contributed by atoms with E-state index in [9.17, 15) is 0 Å². The summed E-state index contributed by atoms with van der Waals surface area (Å²) in [6, 6.07) is 0. The predicted octanol–water partition coefficient (Wildman–Crippen LogP) is 2.46. The fourth-order valence-corrected chi connectivity index (χ4v) is 3.77. The molecule has 0 saturated heterocycles. The highest BCUT2D eigenvalue weighted by Crippen LogP contribution is 2.38. The Balaban J connectivity index is 1.80. The highest BCUT2D eigenvalue weighted by Gasteiger charge is 2.33. The minimum absolute atomic E-state index is 0.300. The summed E-state index contributed by atoms with van der Waals surface area (Å²) in [6.07, 6.45) is 12.6. The standard InChI is InChI=1S/C15H26N4/c16-12-15(8-4-2-5-9-15)11-14-18-17-13-7-3-1-6-10-19(13)14/h1-12,16H2. The minimum atomic E-state index is 0.300. The highest BCUT2D eigenvalue weighted by molar-refractivity contribution is 5.02. The van der Waals surface area contributed by atoms with Gasteiger partial charge in [0.1, 0.15) is 11.6 Å². The summed E-state index contributed by atoms with van der Waals surface area (Å²) in [6.45, 7) is 1.91. The molecule has 3 rings (SSSR count). The van der Waals surface area contributed by atoms with E-state index in [1.807, 2.05) is 0 Å². The van der Waals surface area contributed by atoms with Crippen LogP contribution in [0.2, 0.25) is 0 Å². The number of hydrogen-bond donors (Lipinski definition) is 1. The van der Waals surface area contributed by atoms with Gasteiger partial charge in [-0.2, -0.15) is 0 Å². The zero-order valence-corrected chi connectivity index (χ0v) is 11.9. The van der Waals surface area contributed by atoms with Crippen molar-refractivity contribution >= 4 is 0 Å². The molecule has 0 bridgehead atoms. The zero-order valence-electron chi connectivity index (χ0n) is 11.9. The van der Waals surface area contributed by atoms with Crippen LogP contribution in [0.15, 0.2) is 0 Å². The maximum absolute atomic E-state index is 6.10. The zero-order chi connectivity index (χ0) is 13.1. The molecule has 19 heavy (non-hydrogen) atoms. The molecule has 1 aliphatic heterocycles. The SMILES string of the molecule is NCC1(Cc2nnc3n2CCCCC3)CCCCC1. The van der Waals surface area contributed by atoms with Crippen molar-refractivity contribution in [3.8, 4) is 0 Å². The molecule has 2 aliphatic rings. The average molecular weight is 262 g/mol. The summed E-state index contributed by atoms with van der Waals surface area (Å²) in [7, 11) is 0. The van der Waals surface area contributed by atoms with Crippen molar-refractivity contribution < 1.29 is 0 Å². The Morgan fingerprint density at radius 3 is 2.58 bits per heavy atom. The number of hydrogen-bond acceptors (Lipinski definition) is 3. The lowest BCUT2D eigenvalue weighted by Gasteiger charge is -2.36. The fourth-order valence-electron chi connectivity index (χ4n) is 3.77. The van der Waals surface area contributed by atoms with Crippen LogP contribution in [-0.4, -0.2) is 21.3 Å². The number of nitrogens with zero attached hydrogens (tertiary/aromatic N) is 3. The lowest BCUT2D eigenvalue weighted by Crippen LogP contribution is -2.35. The molecule has 2 N–H and O–H groups in total. The smallest absolute Gasteiger partial charge is 0.133 e. The fraction of sp³-hybridized carbons (Fsp3) is 0.867. The topological polar surface area (TPSA) is 56.7 Å². The molecular formula is C15H26N4. The van der Waals surface area contributed by atoms with Crippen LogP contribution in [0.5, 0.6) is 0 Å². The largest absolute Gasteiger partial charge is 0.330 e. The van der Waals surface area contributed by atoms with Crippen molar-refractivity contribution in [1.82, 2.24) is 14.8 Å². The van der Waals surface area contributed by atoms with Gasteiger partial charge in [-0.25, -0.2) is 0 Å². The van der Waals surface area contributed by atoms with E-state index in [-0.39, 0.29) is 0 Å². The Kier molecular flexibility index (Phi) is 3.87. The van der Waals surface area contributed by atoms with Crippen molar-refractivity contribution in [3.05, 3.63) is 11.6 Å². The van der Waals surface area contributed by atoms with Crippen LogP contribution in [0, 0.1) is 5.41 Å². The summed E-state index contributed by atoms with van der Waals surface area (Å²) in [4.78, 5) is 0. The second kappa shape index (κ2) is 5.61. The number of rotatable bonds is 3. The maximum Gasteiger partial charge on any atom is 0.133 e. The molecule has 0 aromatic carbocycles. The van der Waals surface area contributed by atoms with Gasteiger partial charge in [0.2, 0.25) is 0 Å². The summed E-state index contributed by atoms with van der Waals surface area (Å²) < 4.78 is 2.39. The molecule has 4 nitrogen and oxygen atoms in total. The van der Waals surface area contributed by atoms with E-state index in [1.54, 1.807) is 0 Å². The van der Waals surface area contributed by atoms with Gasteiger partial charge >= 0.3 is 0 Å². The first kappa shape index (κ1) is 13.1. The molecule has 0 radical (unpaired) electrons. The summed E-state index contributed by atoms with van der Waals surface area (Å²) in [5, 5.41) is 8.90. The van der Waals surface area contributed by atoms with Gasteiger partial charge in [0, 0.05) is 19.4 Å². The lowest BCUT2D eigenvalue weighted by molar-refractivity contribution is 0.191. The molecule has 1 aromatic rings. The minimum Gasteiger partial charge on any atom is -0.330 e. The maximum atomic E-state index is 6.10. The summed E-state index contributed by atoms with van der Waals surface area (Å²) in [5.41, 5.74) is 6.40. The quantitative estimate of drug-likeness (QED) is 0.910. The van der Waals surface area contributed by atoms with E-state index in [2.05, 4.69) is 14.8 Å². The Morgan fingerprint density at radius 2 is 1.79 bits per heavy atom. The molecule has 0 atom stereocenters. The van der Waals surface area contributed by atoms with Crippen LogP contribution < -0.4 is 5.73 Å². The first-order chi connectivity index (χ1) is 9.33. The molecule has 0 amide bonds. The van der Waals surface area contributed by atoms with Gasteiger partial charge in [-0.3, -0.25) is 0 Å². The predicted molar refractivity (Wildman–Crippen MR) is 75.9 cm³/mol. The van der Waals surface area contributed by atoms with E-state index in [0.29, 0.717) is 5.41 Å². The Hall–Kier alpha value is -0.900. The molecule has 4 heteroatoms. The van der Waals surface area contributed by atoms with Gasteiger partial charge in [-0.15, -0.1) is 10.2 Å². The van der Waals surface area contributed by atoms with Crippen molar-refractivity contribution in [2.24, 2.45) is 11.1 Å². The molecule has 1 aromatic heterocycles.